The third kappa shape index (κ3) is 4.28. The van der Waals surface area contributed by atoms with E-state index < -0.39 is 0 Å². The standard InChI is InChI=1S/C15H16BrClN2OS/c1-9(2)12-5-11(6-14(17)18-12)15(20)19(3)7-10-4-13(16)21-8-10/h4-6,8-9H,7H2,1-3H3. The molecular formula is C15H16BrClN2OS. The van der Waals surface area contributed by atoms with E-state index in [0.29, 0.717) is 17.3 Å². The lowest BCUT2D eigenvalue weighted by molar-refractivity contribution is 0.0785. The van der Waals surface area contributed by atoms with E-state index in [-0.39, 0.29) is 11.8 Å². The van der Waals surface area contributed by atoms with Crippen LogP contribution in [0.2, 0.25) is 5.15 Å². The first-order valence-corrected chi connectivity index (χ1v) is 8.57. The van der Waals surface area contributed by atoms with Crippen LogP contribution in [0.15, 0.2) is 27.4 Å². The lowest BCUT2D eigenvalue weighted by Crippen LogP contribution is -2.26. The number of carbonyl (C=O) groups is 1. The first kappa shape index (κ1) is 16.5. The molecule has 0 N–H and O–H groups in total. The van der Waals surface area contributed by atoms with Crippen molar-refractivity contribution in [3.05, 3.63) is 49.3 Å². The largest absolute Gasteiger partial charge is 0.337 e. The molecule has 0 saturated carbocycles. The third-order valence-corrected chi connectivity index (χ3v) is 4.79. The van der Waals surface area contributed by atoms with Crippen molar-refractivity contribution in [2.45, 2.75) is 26.3 Å². The van der Waals surface area contributed by atoms with Crippen molar-refractivity contribution in [2.75, 3.05) is 7.05 Å². The molecule has 0 aliphatic carbocycles. The molecule has 0 aliphatic heterocycles. The van der Waals surface area contributed by atoms with Gasteiger partial charge in [0.25, 0.3) is 5.91 Å². The zero-order valence-corrected chi connectivity index (χ0v) is 15.2. The molecular weight excluding hydrogens is 372 g/mol. The van der Waals surface area contributed by atoms with Crippen LogP contribution in [0.4, 0.5) is 0 Å². The molecule has 0 spiro atoms. The highest BCUT2D eigenvalue weighted by Gasteiger charge is 2.16. The second-order valence-electron chi connectivity index (χ2n) is 5.18. The first-order valence-electron chi connectivity index (χ1n) is 6.52. The molecule has 0 atom stereocenters. The highest BCUT2D eigenvalue weighted by Crippen LogP contribution is 2.23. The molecule has 21 heavy (non-hydrogen) atoms. The van der Waals surface area contributed by atoms with Crippen LogP contribution >= 0.6 is 38.9 Å². The zero-order valence-electron chi connectivity index (χ0n) is 12.1. The van der Waals surface area contributed by atoms with Gasteiger partial charge >= 0.3 is 0 Å². The van der Waals surface area contributed by atoms with Gasteiger partial charge in [-0.05, 0) is 51.0 Å². The van der Waals surface area contributed by atoms with E-state index in [2.05, 4.69) is 20.9 Å². The van der Waals surface area contributed by atoms with Crippen molar-refractivity contribution >= 4 is 44.8 Å². The third-order valence-electron chi connectivity index (χ3n) is 3.04. The Kier molecular flexibility index (Phi) is 5.41. The summed E-state index contributed by atoms with van der Waals surface area (Å²) in [5.41, 5.74) is 2.51. The van der Waals surface area contributed by atoms with Gasteiger partial charge in [0, 0.05) is 24.8 Å². The number of amides is 1. The Morgan fingerprint density at radius 3 is 2.71 bits per heavy atom. The highest BCUT2D eigenvalue weighted by molar-refractivity contribution is 9.11. The number of aromatic nitrogens is 1. The molecule has 0 saturated heterocycles. The molecule has 0 aliphatic rings. The van der Waals surface area contributed by atoms with Crippen molar-refractivity contribution < 1.29 is 4.79 Å². The molecule has 6 heteroatoms. The lowest BCUT2D eigenvalue weighted by Gasteiger charge is -2.17. The Bertz CT molecular complexity index is 657. The molecule has 2 aromatic heterocycles. The van der Waals surface area contributed by atoms with Gasteiger partial charge in [0.1, 0.15) is 5.15 Å². The maximum atomic E-state index is 12.5. The van der Waals surface area contributed by atoms with Gasteiger partial charge in [0.05, 0.1) is 3.79 Å². The van der Waals surface area contributed by atoms with Crippen LogP contribution in [-0.2, 0) is 6.54 Å². The van der Waals surface area contributed by atoms with Crippen molar-refractivity contribution in [3.8, 4) is 0 Å². The predicted octanol–water partition coefficient (Wildman–Crippen LogP) is 4.95. The molecule has 2 rings (SSSR count). The molecule has 1 amide bonds. The van der Waals surface area contributed by atoms with Gasteiger partial charge in [0.15, 0.2) is 0 Å². The average Bonchev–Trinajstić information content (AvgIpc) is 2.82. The molecule has 0 radical (unpaired) electrons. The topological polar surface area (TPSA) is 33.2 Å². The maximum Gasteiger partial charge on any atom is 0.254 e. The Morgan fingerprint density at radius 1 is 1.43 bits per heavy atom. The fourth-order valence-corrected chi connectivity index (χ4v) is 3.35. The molecule has 112 valence electrons. The van der Waals surface area contributed by atoms with Crippen molar-refractivity contribution in [2.24, 2.45) is 0 Å². The molecule has 2 aromatic rings. The van der Waals surface area contributed by atoms with Crippen LogP contribution in [0.25, 0.3) is 0 Å². The summed E-state index contributed by atoms with van der Waals surface area (Å²) in [6.45, 7) is 4.62. The van der Waals surface area contributed by atoms with Crippen molar-refractivity contribution in [3.63, 3.8) is 0 Å². The predicted molar refractivity (Wildman–Crippen MR) is 91.2 cm³/mol. The summed E-state index contributed by atoms with van der Waals surface area (Å²) in [7, 11) is 1.79. The summed E-state index contributed by atoms with van der Waals surface area (Å²) in [5, 5.41) is 2.39. The van der Waals surface area contributed by atoms with Crippen molar-refractivity contribution in [1.82, 2.24) is 9.88 Å². The lowest BCUT2D eigenvalue weighted by atomic mass is 10.1. The number of halogens is 2. The molecule has 3 nitrogen and oxygen atoms in total. The molecule has 0 bridgehead atoms. The smallest absolute Gasteiger partial charge is 0.254 e. The number of hydrogen-bond acceptors (Lipinski definition) is 3. The van der Waals surface area contributed by atoms with E-state index in [0.717, 1.165) is 15.0 Å². The minimum absolute atomic E-state index is 0.0523. The van der Waals surface area contributed by atoms with Crippen LogP contribution in [-0.4, -0.2) is 22.8 Å². The SMILES string of the molecule is CC(C)c1cc(C(=O)N(C)Cc2csc(Br)c2)cc(Cl)n1. The number of thiophene rings is 1. The van der Waals surface area contributed by atoms with E-state index in [9.17, 15) is 4.79 Å². The molecule has 0 fully saturated rings. The molecule has 0 unspecified atom stereocenters. The normalized spacial score (nSPS) is 11.0. The summed E-state index contributed by atoms with van der Waals surface area (Å²) < 4.78 is 1.06. The second-order valence-corrected chi connectivity index (χ2v) is 7.86. The Balaban J connectivity index is 2.19. The Hall–Kier alpha value is -0.910. The van der Waals surface area contributed by atoms with Gasteiger partial charge in [-0.25, -0.2) is 4.98 Å². The van der Waals surface area contributed by atoms with E-state index in [4.69, 9.17) is 11.6 Å². The van der Waals surface area contributed by atoms with Crippen LogP contribution in [0, 0.1) is 0 Å². The van der Waals surface area contributed by atoms with E-state index in [1.807, 2.05) is 31.4 Å². The first-order chi connectivity index (χ1) is 9.86. The average molecular weight is 388 g/mol. The van der Waals surface area contributed by atoms with Gasteiger partial charge in [-0.2, -0.15) is 0 Å². The van der Waals surface area contributed by atoms with Crippen molar-refractivity contribution in [1.29, 1.82) is 0 Å². The van der Waals surface area contributed by atoms with Gasteiger partial charge < -0.3 is 4.90 Å². The summed E-state index contributed by atoms with van der Waals surface area (Å²) in [6, 6.07) is 5.46. The number of hydrogen-bond donors (Lipinski definition) is 0. The van der Waals surface area contributed by atoms with Gasteiger partial charge in [0.2, 0.25) is 0 Å². The fraction of sp³-hybridized carbons (Fsp3) is 0.333. The van der Waals surface area contributed by atoms with Crippen LogP contribution in [0.1, 0.15) is 41.4 Å². The number of rotatable bonds is 4. The quantitative estimate of drug-likeness (QED) is 0.695. The number of nitrogens with zero attached hydrogens (tertiary/aromatic N) is 2. The number of carbonyl (C=O) groups excluding carboxylic acids is 1. The summed E-state index contributed by atoms with van der Waals surface area (Å²) in [4.78, 5) is 18.5. The maximum absolute atomic E-state index is 12.5. The zero-order chi connectivity index (χ0) is 15.6. The summed E-state index contributed by atoms with van der Waals surface area (Å²) in [5.74, 6) is 0.178. The van der Waals surface area contributed by atoms with Gasteiger partial charge in [-0.3, -0.25) is 4.79 Å². The highest BCUT2D eigenvalue weighted by atomic mass is 79.9. The van der Waals surface area contributed by atoms with E-state index >= 15 is 0 Å². The van der Waals surface area contributed by atoms with Crippen LogP contribution in [0.5, 0.6) is 0 Å². The van der Waals surface area contributed by atoms with Crippen LogP contribution in [0.3, 0.4) is 0 Å². The minimum Gasteiger partial charge on any atom is -0.337 e. The second kappa shape index (κ2) is 6.90. The minimum atomic E-state index is -0.0523. The molecule has 0 aromatic carbocycles. The summed E-state index contributed by atoms with van der Waals surface area (Å²) >= 11 is 11.1. The van der Waals surface area contributed by atoms with Gasteiger partial charge in [-0.15, -0.1) is 11.3 Å². The fourth-order valence-electron chi connectivity index (χ4n) is 1.93. The monoisotopic (exact) mass is 386 g/mol. The molecule has 2 heterocycles. The Labute approximate surface area is 142 Å². The van der Waals surface area contributed by atoms with E-state index in [1.54, 1.807) is 29.4 Å². The number of pyridine rings is 1. The van der Waals surface area contributed by atoms with Crippen LogP contribution < -0.4 is 0 Å². The summed E-state index contributed by atoms with van der Waals surface area (Å²) in [6.07, 6.45) is 0. The Morgan fingerprint density at radius 2 is 2.14 bits per heavy atom. The van der Waals surface area contributed by atoms with Gasteiger partial charge in [-0.1, -0.05) is 25.4 Å². The van der Waals surface area contributed by atoms with E-state index in [1.165, 1.54) is 0 Å².